The molecule has 1 saturated carbocycles. The molecule has 2 aliphatic rings. The number of piperidine rings is 1. The van der Waals surface area contributed by atoms with Gasteiger partial charge in [0.2, 0.25) is 11.8 Å². The number of carbonyl (C=O) groups excluding carboxylic acids is 2. The van der Waals surface area contributed by atoms with Crippen LogP contribution in [0.5, 0.6) is 6.01 Å². The van der Waals surface area contributed by atoms with E-state index in [4.69, 9.17) is 21.3 Å². The number of aromatic amines is 1. The number of H-pyrrole nitrogens is 1. The van der Waals surface area contributed by atoms with Crippen LogP contribution in [-0.2, 0) is 9.59 Å². The smallest absolute Gasteiger partial charge is 0.296 e. The molecular weight excluding hydrogens is 480 g/mol. The molecule has 5 rings (SSSR count). The number of imidazole rings is 1. The summed E-state index contributed by atoms with van der Waals surface area (Å²) in [6.45, 7) is 3.37. The number of pyridine rings is 1. The number of hydrogen-bond acceptors (Lipinski definition) is 6. The van der Waals surface area contributed by atoms with Crippen LogP contribution in [0, 0.1) is 5.92 Å². The number of aromatic nitrogens is 3. The summed E-state index contributed by atoms with van der Waals surface area (Å²) in [6, 6.07) is 10.7. The fraction of sp³-hybridized carbons (Fsp3) is 0.462. The van der Waals surface area contributed by atoms with Crippen LogP contribution in [-0.4, -0.2) is 71.0 Å². The molecule has 2 aromatic heterocycles. The van der Waals surface area contributed by atoms with E-state index in [9.17, 15) is 9.59 Å². The molecule has 2 amide bonds. The van der Waals surface area contributed by atoms with E-state index in [1.54, 1.807) is 25.9 Å². The lowest BCUT2D eigenvalue weighted by Crippen LogP contribution is -2.44. The summed E-state index contributed by atoms with van der Waals surface area (Å²) in [4.78, 5) is 39.6. The van der Waals surface area contributed by atoms with Crippen LogP contribution in [0.4, 0.5) is 5.69 Å². The van der Waals surface area contributed by atoms with E-state index in [0.29, 0.717) is 40.7 Å². The van der Waals surface area contributed by atoms with Crippen LogP contribution in [0.25, 0.3) is 22.4 Å². The SMILES string of the molecule is CC(=O)NC1CCN(c2ccc(-c3nc4nc(O[C@H]5C[C@@H](C(=O)N(C)C)C5)[nH]c4cc3Cl)cc2)CC1. The lowest BCUT2D eigenvalue weighted by Gasteiger charge is -2.34. The Balaban J connectivity index is 1.24. The van der Waals surface area contributed by atoms with Crippen molar-refractivity contribution >= 4 is 40.3 Å². The van der Waals surface area contributed by atoms with Crippen molar-refractivity contribution in [3.63, 3.8) is 0 Å². The monoisotopic (exact) mass is 510 g/mol. The first-order valence-corrected chi connectivity index (χ1v) is 12.7. The lowest BCUT2D eigenvalue weighted by molar-refractivity contribution is -0.139. The number of benzene rings is 1. The van der Waals surface area contributed by atoms with Gasteiger partial charge in [0, 0.05) is 57.3 Å². The Morgan fingerprint density at radius 2 is 1.83 bits per heavy atom. The number of carbonyl (C=O) groups is 2. The second kappa shape index (κ2) is 9.97. The summed E-state index contributed by atoms with van der Waals surface area (Å²) in [7, 11) is 3.54. The van der Waals surface area contributed by atoms with Gasteiger partial charge in [-0.05, 0) is 43.9 Å². The minimum absolute atomic E-state index is 0.0140. The molecule has 36 heavy (non-hydrogen) atoms. The maximum Gasteiger partial charge on any atom is 0.296 e. The largest absolute Gasteiger partial charge is 0.461 e. The molecule has 10 heteroatoms. The van der Waals surface area contributed by atoms with E-state index in [0.717, 1.165) is 37.2 Å². The van der Waals surface area contributed by atoms with Crippen LogP contribution < -0.4 is 15.0 Å². The molecule has 0 unspecified atom stereocenters. The Labute approximate surface area is 215 Å². The summed E-state index contributed by atoms with van der Waals surface area (Å²) in [5, 5.41) is 3.54. The molecule has 1 aliphatic carbocycles. The van der Waals surface area contributed by atoms with Crippen LogP contribution >= 0.6 is 11.6 Å². The number of nitrogens with zero attached hydrogens (tertiary/aromatic N) is 4. The zero-order valence-electron chi connectivity index (χ0n) is 20.8. The number of anilines is 1. The topological polar surface area (TPSA) is 103 Å². The summed E-state index contributed by atoms with van der Waals surface area (Å²) in [5.74, 6) is 0.182. The van der Waals surface area contributed by atoms with Crippen molar-refractivity contribution in [1.29, 1.82) is 0 Å². The van der Waals surface area contributed by atoms with Crippen molar-refractivity contribution in [2.24, 2.45) is 5.92 Å². The first-order chi connectivity index (χ1) is 17.3. The molecule has 0 radical (unpaired) electrons. The first kappa shape index (κ1) is 24.4. The maximum absolute atomic E-state index is 12.0. The fourth-order valence-electron chi connectivity index (χ4n) is 4.94. The molecule has 0 bridgehead atoms. The van der Waals surface area contributed by atoms with E-state index in [1.165, 1.54) is 0 Å². The third kappa shape index (κ3) is 5.11. The molecule has 1 saturated heterocycles. The van der Waals surface area contributed by atoms with E-state index < -0.39 is 0 Å². The number of fused-ring (bicyclic) bond motifs is 1. The third-order valence-corrected chi connectivity index (χ3v) is 7.26. The van der Waals surface area contributed by atoms with Gasteiger partial charge in [0.05, 0.1) is 16.2 Å². The predicted octanol–water partition coefficient (Wildman–Crippen LogP) is 3.63. The molecule has 0 atom stereocenters. The quantitative estimate of drug-likeness (QED) is 0.525. The normalized spacial score (nSPS) is 20.2. The van der Waals surface area contributed by atoms with Gasteiger partial charge in [-0.3, -0.25) is 9.59 Å². The highest BCUT2D eigenvalue weighted by Crippen LogP contribution is 2.34. The van der Waals surface area contributed by atoms with Crippen LogP contribution in [0.2, 0.25) is 5.02 Å². The summed E-state index contributed by atoms with van der Waals surface area (Å²) < 4.78 is 5.94. The van der Waals surface area contributed by atoms with Crippen molar-refractivity contribution in [3.05, 3.63) is 35.4 Å². The van der Waals surface area contributed by atoms with Crippen molar-refractivity contribution in [3.8, 4) is 17.3 Å². The summed E-state index contributed by atoms with van der Waals surface area (Å²) >= 11 is 6.58. The number of rotatable bonds is 6. The Hall–Kier alpha value is -3.33. The van der Waals surface area contributed by atoms with Gasteiger partial charge >= 0.3 is 0 Å². The second-order valence-electron chi connectivity index (χ2n) is 9.88. The molecule has 3 aromatic rings. The summed E-state index contributed by atoms with van der Waals surface area (Å²) in [5.41, 5.74) is 3.96. The molecule has 0 spiro atoms. The highest BCUT2D eigenvalue weighted by molar-refractivity contribution is 6.33. The van der Waals surface area contributed by atoms with Gasteiger partial charge in [-0.1, -0.05) is 23.7 Å². The fourth-order valence-corrected chi connectivity index (χ4v) is 5.20. The zero-order valence-corrected chi connectivity index (χ0v) is 21.5. The van der Waals surface area contributed by atoms with Crippen LogP contribution in [0.3, 0.4) is 0 Å². The number of amides is 2. The maximum atomic E-state index is 12.0. The Morgan fingerprint density at radius 1 is 1.14 bits per heavy atom. The van der Waals surface area contributed by atoms with Gasteiger partial charge in [-0.15, -0.1) is 0 Å². The molecule has 2 fully saturated rings. The lowest BCUT2D eigenvalue weighted by atomic mass is 9.81. The van der Waals surface area contributed by atoms with Crippen molar-refractivity contribution in [1.82, 2.24) is 25.2 Å². The predicted molar refractivity (Wildman–Crippen MR) is 139 cm³/mol. The van der Waals surface area contributed by atoms with Gasteiger partial charge in [0.1, 0.15) is 6.10 Å². The Morgan fingerprint density at radius 3 is 2.47 bits per heavy atom. The van der Waals surface area contributed by atoms with Gasteiger partial charge < -0.3 is 24.8 Å². The van der Waals surface area contributed by atoms with E-state index in [2.05, 4.69) is 32.3 Å². The minimum atomic E-state index is -0.0368. The average Bonchev–Trinajstić information content (AvgIpc) is 3.21. The number of hydrogen-bond donors (Lipinski definition) is 2. The Bertz CT molecular complexity index is 1260. The van der Waals surface area contributed by atoms with Gasteiger partial charge in [-0.2, -0.15) is 4.98 Å². The van der Waals surface area contributed by atoms with Crippen molar-refractivity contribution < 1.29 is 14.3 Å². The first-order valence-electron chi connectivity index (χ1n) is 12.3. The van der Waals surface area contributed by atoms with E-state index in [-0.39, 0.29) is 29.9 Å². The van der Waals surface area contributed by atoms with Gasteiger partial charge in [0.25, 0.3) is 6.01 Å². The highest BCUT2D eigenvalue weighted by Gasteiger charge is 2.37. The highest BCUT2D eigenvalue weighted by atomic mass is 35.5. The molecule has 1 aliphatic heterocycles. The average molecular weight is 511 g/mol. The standard InChI is InChI=1S/C26H31ClN6O3/c1-15(34)28-18-8-10-33(11-9-18)19-6-4-16(5-7-19)23-21(27)14-22-24(30-23)31-26(29-22)36-20-12-17(13-20)25(35)32(2)3/h4-7,14,17-18,20H,8-13H2,1-3H3,(H,28,34)(H,29,30,31)/t17-,20+. The molecule has 2 N–H and O–H groups in total. The molecule has 9 nitrogen and oxygen atoms in total. The van der Waals surface area contributed by atoms with Crippen LogP contribution in [0.15, 0.2) is 30.3 Å². The number of ether oxygens (including phenoxy) is 1. The molecule has 3 heterocycles. The zero-order chi connectivity index (χ0) is 25.4. The second-order valence-corrected chi connectivity index (χ2v) is 10.3. The van der Waals surface area contributed by atoms with Crippen molar-refractivity contribution in [2.45, 2.75) is 44.8 Å². The third-order valence-electron chi connectivity index (χ3n) is 6.98. The van der Waals surface area contributed by atoms with Crippen LogP contribution in [0.1, 0.15) is 32.6 Å². The van der Waals surface area contributed by atoms with E-state index >= 15 is 0 Å². The van der Waals surface area contributed by atoms with Gasteiger partial charge in [0.15, 0.2) is 5.65 Å². The van der Waals surface area contributed by atoms with E-state index in [1.807, 2.05) is 18.2 Å². The van der Waals surface area contributed by atoms with Crippen molar-refractivity contribution in [2.75, 3.05) is 32.1 Å². The molecule has 1 aromatic carbocycles. The summed E-state index contributed by atoms with van der Waals surface area (Å²) in [6.07, 6.45) is 3.20. The molecular formula is C26H31ClN6O3. The number of halogens is 1. The number of nitrogens with one attached hydrogen (secondary N) is 2. The minimum Gasteiger partial charge on any atom is -0.461 e. The Kier molecular flexibility index (Phi) is 6.75. The van der Waals surface area contributed by atoms with Gasteiger partial charge in [-0.25, -0.2) is 4.98 Å². The molecule has 190 valence electrons.